The van der Waals surface area contributed by atoms with E-state index in [2.05, 4.69) is 13.0 Å². The molecule has 0 heterocycles. The predicted molar refractivity (Wildman–Crippen MR) is 49.0 cm³/mol. The molecule has 1 aliphatic carbocycles. The molecule has 3 nitrogen and oxygen atoms in total. The molecular weight excluding hydrogens is 166 g/mol. The smallest absolute Gasteiger partial charge is 0.154 e. The average molecular weight is 183 g/mol. The highest BCUT2D eigenvalue weighted by Crippen LogP contribution is 2.33. The number of nitriles is 1. The van der Waals surface area contributed by atoms with Crippen LogP contribution in [0.4, 0.5) is 0 Å². The van der Waals surface area contributed by atoms with Gasteiger partial charge >= 0.3 is 0 Å². The van der Waals surface area contributed by atoms with Crippen molar-refractivity contribution in [1.29, 1.82) is 5.26 Å². The Morgan fingerprint density at radius 1 is 1.54 bits per heavy atom. The van der Waals surface area contributed by atoms with Gasteiger partial charge in [-0.05, 0) is 31.6 Å². The zero-order chi connectivity index (χ0) is 9.73. The molecule has 1 N–H and O–H groups in total. The first kappa shape index (κ1) is 10.5. The van der Waals surface area contributed by atoms with Crippen LogP contribution in [0.1, 0.15) is 32.6 Å². The number of rotatable bonds is 3. The third-order valence-corrected chi connectivity index (χ3v) is 2.76. The maximum atomic E-state index is 9.00. The normalized spacial score (nSPS) is 34.1. The van der Waals surface area contributed by atoms with Crippen molar-refractivity contribution in [2.45, 2.75) is 38.2 Å². The molecule has 0 spiro atoms. The van der Waals surface area contributed by atoms with Crippen molar-refractivity contribution in [3.05, 3.63) is 0 Å². The monoisotopic (exact) mass is 183 g/mol. The molecule has 0 bridgehead atoms. The van der Waals surface area contributed by atoms with Crippen molar-refractivity contribution >= 4 is 0 Å². The largest absolute Gasteiger partial charge is 0.394 e. The molecule has 13 heavy (non-hydrogen) atoms. The van der Waals surface area contributed by atoms with Gasteiger partial charge in [0.25, 0.3) is 0 Å². The Kier molecular flexibility index (Phi) is 3.71. The molecule has 0 aromatic rings. The lowest BCUT2D eigenvalue weighted by Gasteiger charge is -2.33. The molecule has 3 heteroatoms. The molecule has 1 aliphatic rings. The third kappa shape index (κ3) is 2.68. The van der Waals surface area contributed by atoms with Gasteiger partial charge in [0.05, 0.1) is 19.3 Å². The molecule has 0 aromatic heterocycles. The van der Waals surface area contributed by atoms with Gasteiger partial charge < -0.3 is 9.84 Å². The maximum Gasteiger partial charge on any atom is 0.154 e. The summed E-state index contributed by atoms with van der Waals surface area (Å²) in [6, 6.07) is 2.24. The van der Waals surface area contributed by atoms with E-state index in [1.807, 2.05) is 0 Å². The average Bonchev–Trinajstić information content (AvgIpc) is 2.18. The lowest BCUT2D eigenvalue weighted by atomic mass is 9.80. The first-order chi connectivity index (χ1) is 6.22. The summed E-state index contributed by atoms with van der Waals surface area (Å²) in [5.41, 5.74) is -0.602. The van der Waals surface area contributed by atoms with Crippen molar-refractivity contribution in [1.82, 2.24) is 0 Å². The standard InChI is InChI=1S/C10H17NO2/c1-9-2-4-10(8-11,5-3-9)13-7-6-12/h9,12H,2-7H2,1H3. The first-order valence-electron chi connectivity index (χ1n) is 4.88. The van der Waals surface area contributed by atoms with Crippen molar-refractivity contribution in [2.24, 2.45) is 5.92 Å². The van der Waals surface area contributed by atoms with Crippen LogP contribution in [0.2, 0.25) is 0 Å². The number of hydrogen-bond donors (Lipinski definition) is 1. The first-order valence-corrected chi connectivity index (χ1v) is 4.88. The van der Waals surface area contributed by atoms with Crippen molar-refractivity contribution in [3.8, 4) is 6.07 Å². The summed E-state index contributed by atoms with van der Waals surface area (Å²) in [5, 5.41) is 17.6. The van der Waals surface area contributed by atoms with E-state index in [1.54, 1.807) is 0 Å². The molecular formula is C10H17NO2. The fraction of sp³-hybridized carbons (Fsp3) is 0.900. The second-order valence-electron chi connectivity index (χ2n) is 3.86. The van der Waals surface area contributed by atoms with Crippen molar-refractivity contribution < 1.29 is 9.84 Å². The Morgan fingerprint density at radius 3 is 2.62 bits per heavy atom. The Balaban J connectivity index is 2.46. The summed E-state index contributed by atoms with van der Waals surface area (Å²) in [5.74, 6) is 0.708. The lowest BCUT2D eigenvalue weighted by molar-refractivity contribution is -0.0476. The van der Waals surface area contributed by atoms with Crippen LogP contribution in [0, 0.1) is 17.2 Å². The zero-order valence-electron chi connectivity index (χ0n) is 8.12. The summed E-state index contributed by atoms with van der Waals surface area (Å²) in [4.78, 5) is 0. The van der Waals surface area contributed by atoms with Crippen LogP contribution in [0.15, 0.2) is 0 Å². The minimum absolute atomic E-state index is 0.00101. The molecule has 1 saturated carbocycles. The Labute approximate surface area is 79.3 Å². The van der Waals surface area contributed by atoms with E-state index in [0.717, 1.165) is 25.7 Å². The van der Waals surface area contributed by atoms with E-state index in [1.165, 1.54) is 0 Å². The summed E-state index contributed by atoms with van der Waals surface area (Å²) in [6.45, 7) is 2.48. The topological polar surface area (TPSA) is 53.2 Å². The molecule has 1 fully saturated rings. The van der Waals surface area contributed by atoms with Gasteiger partial charge in [-0.1, -0.05) is 6.92 Å². The van der Waals surface area contributed by atoms with Crippen molar-refractivity contribution in [3.63, 3.8) is 0 Å². The summed E-state index contributed by atoms with van der Waals surface area (Å²) >= 11 is 0. The van der Waals surface area contributed by atoms with Gasteiger partial charge in [0.1, 0.15) is 0 Å². The quantitative estimate of drug-likeness (QED) is 0.720. The van der Waals surface area contributed by atoms with E-state index < -0.39 is 5.60 Å². The minimum atomic E-state index is -0.602. The predicted octanol–water partition coefficient (Wildman–Crippen LogP) is 1.47. The van der Waals surface area contributed by atoms with E-state index in [9.17, 15) is 0 Å². The summed E-state index contributed by atoms with van der Waals surface area (Å²) in [7, 11) is 0. The van der Waals surface area contributed by atoms with E-state index in [-0.39, 0.29) is 13.2 Å². The third-order valence-electron chi connectivity index (χ3n) is 2.76. The lowest BCUT2D eigenvalue weighted by Crippen LogP contribution is -2.36. The molecule has 0 atom stereocenters. The molecule has 1 rings (SSSR count). The Hall–Kier alpha value is -0.590. The highest BCUT2D eigenvalue weighted by molar-refractivity contribution is 5.04. The Morgan fingerprint density at radius 2 is 2.15 bits per heavy atom. The van der Waals surface area contributed by atoms with Gasteiger partial charge in [-0.15, -0.1) is 0 Å². The summed E-state index contributed by atoms with van der Waals surface area (Å²) in [6.07, 6.45) is 3.73. The second-order valence-corrected chi connectivity index (χ2v) is 3.86. The van der Waals surface area contributed by atoms with Crippen molar-refractivity contribution in [2.75, 3.05) is 13.2 Å². The van der Waals surface area contributed by atoms with Crippen LogP contribution in [-0.2, 0) is 4.74 Å². The highest BCUT2D eigenvalue weighted by Gasteiger charge is 2.34. The molecule has 0 aliphatic heterocycles. The molecule has 74 valence electrons. The number of aliphatic hydroxyl groups is 1. The van der Waals surface area contributed by atoms with Crippen LogP contribution >= 0.6 is 0 Å². The number of hydrogen-bond acceptors (Lipinski definition) is 3. The number of ether oxygens (including phenoxy) is 1. The number of nitrogens with zero attached hydrogens (tertiary/aromatic N) is 1. The van der Waals surface area contributed by atoms with Gasteiger partial charge in [-0.3, -0.25) is 0 Å². The van der Waals surface area contributed by atoms with Gasteiger partial charge in [0.15, 0.2) is 5.60 Å². The van der Waals surface area contributed by atoms with Crippen LogP contribution in [-0.4, -0.2) is 23.9 Å². The highest BCUT2D eigenvalue weighted by atomic mass is 16.5. The molecule has 0 saturated heterocycles. The van der Waals surface area contributed by atoms with Gasteiger partial charge in [-0.25, -0.2) is 0 Å². The van der Waals surface area contributed by atoms with Crippen LogP contribution < -0.4 is 0 Å². The molecule has 0 radical (unpaired) electrons. The van der Waals surface area contributed by atoms with Gasteiger partial charge in [0, 0.05) is 0 Å². The molecule has 0 amide bonds. The van der Waals surface area contributed by atoms with E-state index in [4.69, 9.17) is 15.1 Å². The van der Waals surface area contributed by atoms with Gasteiger partial charge in [-0.2, -0.15) is 5.26 Å². The van der Waals surface area contributed by atoms with Crippen LogP contribution in [0.3, 0.4) is 0 Å². The fourth-order valence-corrected chi connectivity index (χ4v) is 1.76. The van der Waals surface area contributed by atoms with Gasteiger partial charge in [0.2, 0.25) is 0 Å². The molecule has 0 aromatic carbocycles. The minimum Gasteiger partial charge on any atom is -0.394 e. The molecule has 0 unspecified atom stereocenters. The fourth-order valence-electron chi connectivity index (χ4n) is 1.76. The van der Waals surface area contributed by atoms with E-state index in [0.29, 0.717) is 5.92 Å². The Bertz CT molecular complexity index is 184. The maximum absolute atomic E-state index is 9.00. The van der Waals surface area contributed by atoms with E-state index >= 15 is 0 Å². The SMILES string of the molecule is CC1CCC(C#N)(OCCO)CC1. The van der Waals surface area contributed by atoms with Crippen LogP contribution in [0.5, 0.6) is 0 Å². The second kappa shape index (κ2) is 4.59. The summed E-state index contributed by atoms with van der Waals surface area (Å²) < 4.78 is 5.41. The number of aliphatic hydroxyl groups excluding tert-OH is 1. The zero-order valence-corrected chi connectivity index (χ0v) is 8.12. The van der Waals surface area contributed by atoms with Crippen LogP contribution in [0.25, 0.3) is 0 Å².